The van der Waals surface area contributed by atoms with Crippen molar-refractivity contribution < 1.29 is 9.90 Å². The van der Waals surface area contributed by atoms with Gasteiger partial charge in [-0.05, 0) is 38.5 Å². The number of carbonyl (C=O) groups is 1. The van der Waals surface area contributed by atoms with E-state index < -0.39 is 5.41 Å². The molecule has 0 aromatic rings. The zero-order valence-electron chi connectivity index (χ0n) is 12.3. The first kappa shape index (κ1) is 15.7. The largest absolute Gasteiger partial charge is 0.393 e. The molecule has 1 aliphatic heterocycles. The van der Waals surface area contributed by atoms with Crippen LogP contribution in [0.15, 0.2) is 0 Å². The van der Waals surface area contributed by atoms with Gasteiger partial charge in [-0.3, -0.25) is 4.79 Å². The third-order valence-corrected chi connectivity index (χ3v) is 5.49. The van der Waals surface area contributed by atoms with Gasteiger partial charge in [-0.1, -0.05) is 31.5 Å². The van der Waals surface area contributed by atoms with E-state index in [9.17, 15) is 9.90 Å². The van der Waals surface area contributed by atoms with Gasteiger partial charge in [0.2, 0.25) is 5.91 Å². The number of hydrogen-bond acceptors (Lipinski definition) is 3. The molecule has 2 aliphatic rings. The fourth-order valence-corrected chi connectivity index (χ4v) is 3.90. The Morgan fingerprint density at radius 1 is 1.30 bits per heavy atom. The van der Waals surface area contributed by atoms with E-state index in [1.807, 2.05) is 11.8 Å². The lowest BCUT2D eigenvalue weighted by molar-refractivity contribution is -0.141. The third-order valence-electron chi connectivity index (χ3n) is 5.10. The number of hydrogen-bond donors (Lipinski definition) is 2. The number of aliphatic hydroxyl groups excluding tert-OH is 1. The summed E-state index contributed by atoms with van der Waals surface area (Å²) in [4.78, 5) is 15.2. The summed E-state index contributed by atoms with van der Waals surface area (Å²) in [6.07, 6.45) is 6.30. The number of likely N-dealkylation sites (tertiary alicyclic amines) is 1. The normalized spacial score (nSPS) is 25.2. The lowest BCUT2D eigenvalue weighted by atomic mass is 9.72. The van der Waals surface area contributed by atoms with E-state index in [1.165, 1.54) is 6.42 Å². The quantitative estimate of drug-likeness (QED) is 0.780. The number of aliphatic hydroxyl groups is 1. The molecule has 1 saturated heterocycles. The van der Waals surface area contributed by atoms with Gasteiger partial charge >= 0.3 is 0 Å². The van der Waals surface area contributed by atoms with Crippen molar-refractivity contribution in [1.29, 1.82) is 0 Å². The van der Waals surface area contributed by atoms with Crippen molar-refractivity contribution in [3.05, 3.63) is 0 Å². The van der Waals surface area contributed by atoms with Gasteiger partial charge in [0, 0.05) is 13.1 Å². The van der Waals surface area contributed by atoms with Gasteiger partial charge in [0.05, 0.1) is 16.5 Å². The van der Waals surface area contributed by atoms with E-state index in [0.717, 1.165) is 51.6 Å². The Kier molecular flexibility index (Phi) is 5.02. The first-order valence-corrected chi connectivity index (χ1v) is 8.15. The van der Waals surface area contributed by atoms with Gasteiger partial charge in [-0.2, -0.15) is 0 Å². The zero-order valence-corrected chi connectivity index (χ0v) is 13.1. The van der Waals surface area contributed by atoms with Crippen LogP contribution in [0.2, 0.25) is 0 Å². The van der Waals surface area contributed by atoms with Gasteiger partial charge in [0.15, 0.2) is 0 Å². The summed E-state index contributed by atoms with van der Waals surface area (Å²) in [5.41, 5.74) is 5.34. The van der Waals surface area contributed by atoms with Crippen molar-refractivity contribution in [2.24, 2.45) is 17.1 Å². The van der Waals surface area contributed by atoms with Crippen LogP contribution in [0.25, 0.3) is 0 Å². The highest BCUT2D eigenvalue weighted by molar-refractivity contribution is 7.80. The SMILES string of the molecule is CC(O)C1CCN(C(=O)C2(C(N)=S)CCCCC2)CC1. The molecule has 4 nitrogen and oxygen atoms in total. The summed E-state index contributed by atoms with van der Waals surface area (Å²) < 4.78 is 0. The molecule has 5 heteroatoms. The maximum absolute atomic E-state index is 12.9. The van der Waals surface area contributed by atoms with Crippen molar-refractivity contribution in [1.82, 2.24) is 4.90 Å². The number of rotatable bonds is 3. The Labute approximate surface area is 126 Å². The van der Waals surface area contributed by atoms with Crippen LogP contribution in [-0.2, 0) is 4.79 Å². The van der Waals surface area contributed by atoms with Gasteiger partial charge in [-0.15, -0.1) is 0 Å². The average Bonchev–Trinajstić information content (AvgIpc) is 2.47. The minimum atomic E-state index is -0.592. The molecule has 2 rings (SSSR count). The molecule has 20 heavy (non-hydrogen) atoms. The number of piperidine rings is 1. The minimum absolute atomic E-state index is 0.133. The van der Waals surface area contributed by atoms with Crippen molar-refractivity contribution in [2.45, 2.75) is 58.0 Å². The molecule has 2 fully saturated rings. The first-order valence-electron chi connectivity index (χ1n) is 7.75. The van der Waals surface area contributed by atoms with E-state index >= 15 is 0 Å². The molecule has 0 bridgehead atoms. The summed E-state index contributed by atoms with van der Waals surface area (Å²) in [6, 6.07) is 0. The molecule has 3 N–H and O–H groups in total. The summed E-state index contributed by atoms with van der Waals surface area (Å²) in [5, 5.41) is 9.65. The Morgan fingerprint density at radius 2 is 1.85 bits per heavy atom. The monoisotopic (exact) mass is 298 g/mol. The van der Waals surface area contributed by atoms with E-state index in [1.54, 1.807) is 0 Å². The van der Waals surface area contributed by atoms with Crippen molar-refractivity contribution in [2.75, 3.05) is 13.1 Å². The van der Waals surface area contributed by atoms with Crippen LogP contribution in [0.5, 0.6) is 0 Å². The molecule has 0 aromatic heterocycles. The Balaban J connectivity index is 2.04. The van der Waals surface area contributed by atoms with Crippen LogP contribution < -0.4 is 5.73 Å². The summed E-state index contributed by atoms with van der Waals surface area (Å²) in [6.45, 7) is 3.28. The molecule has 1 atom stereocenters. The molecular formula is C15H26N2O2S. The first-order chi connectivity index (χ1) is 9.47. The predicted octanol–water partition coefficient (Wildman–Crippen LogP) is 1.84. The van der Waals surface area contributed by atoms with E-state index in [-0.39, 0.29) is 12.0 Å². The lowest BCUT2D eigenvalue weighted by Gasteiger charge is -2.42. The standard InChI is InChI=1S/C15H26N2O2S/c1-11(18)12-5-9-17(10-6-12)14(19)15(13(16)20)7-3-2-4-8-15/h11-12,18H,2-10H2,1H3,(H2,16,20). The predicted molar refractivity (Wildman–Crippen MR) is 83.3 cm³/mol. The van der Waals surface area contributed by atoms with Crippen LogP contribution in [0.1, 0.15) is 51.9 Å². The van der Waals surface area contributed by atoms with Crippen LogP contribution in [-0.4, -0.2) is 40.1 Å². The zero-order chi connectivity index (χ0) is 14.8. The second-order valence-electron chi connectivity index (χ2n) is 6.38. The van der Waals surface area contributed by atoms with Crippen LogP contribution in [0.4, 0.5) is 0 Å². The van der Waals surface area contributed by atoms with Gasteiger partial charge in [0.25, 0.3) is 0 Å². The molecule has 1 heterocycles. The van der Waals surface area contributed by atoms with Crippen molar-refractivity contribution in [3.8, 4) is 0 Å². The van der Waals surface area contributed by atoms with Crippen LogP contribution in [0, 0.1) is 11.3 Å². The molecule has 114 valence electrons. The molecule has 1 unspecified atom stereocenters. The lowest BCUT2D eigenvalue weighted by Crippen LogP contribution is -2.53. The number of amides is 1. The minimum Gasteiger partial charge on any atom is -0.393 e. The molecule has 0 spiro atoms. The Bertz CT molecular complexity index is 370. The maximum atomic E-state index is 12.9. The van der Waals surface area contributed by atoms with E-state index in [0.29, 0.717) is 10.9 Å². The highest BCUT2D eigenvalue weighted by atomic mass is 32.1. The number of carbonyl (C=O) groups excluding carboxylic acids is 1. The fraction of sp³-hybridized carbons (Fsp3) is 0.867. The number of nitrogens with zero attached hydrogens (tertiary/aromatic N) is 1. The smallest absolute Gasteiger partial charge is 0.235 e. The van der Waals surface area contributed by atoms with Crippen LogP contribution >= 0.6 is 12.2 Å². The van der Waals surface area contributed by atoms with E-state index in [2.05, 4.69) is 0 Å². The van der Waals surface area contributed by atoms with Gasteiger partial charge in [-0.25, -0.2) is 0 Å². The summed E-state index contributed by atoms with van der Waals surface area (Å²) in [7, 11) is 0. The molecular weight excluding hydrogens is 272 g/mol. The molecule has 1 saturated carbocycles. The maximum Gasteiger partial charge on any atom is 0.235 e. The number of nitrogens with two attached hydrogens (primary N) is 1. The molecule has 0 aromatic carbocycles. The third kappa shape index (κ3) is 2.98. The van der Waals surface area contributed by atoms with Crippen molar-refractivity contribution >= 4 is 23.1 Å². The van der Waals surface area contributed by atoms with Crippen LogP contribution in [0.3, 0.4) is 0 Å². The number of thiocarbonyl (C=S) groups is 1. The Morgan fingerprint density at radius 3 is 2.30 bits per heavy atom. The average molecular weight is 298 g/mol. The highest BCUT2D eigenvalue weighted by Gasteiger charge is 2.45. The second-order valence-corrected chi connectivity index (χ2v) is 6.82. The molecule has 1 aliphatic carbocycles. The van der Waals surface area contributed by atoms with Gasteiger partial charge in [0.1, 0.15) is 0 Å². The second kappa shape index (κ2) is 6.39. The highest BCUT2D eigenvalue weighted by Crippen LogP contribution is 2.39. The van der Waals surface area contributed by atoms with Gasteiger partial charge < -0.3 is 15.7 Å². The topological polar surface area (TPSA) is 66.6 Å². The fourth-order valence-electron chi connectivity index (χ4n) is 3.61. The summed E-state index contributed by atoms with van der Waals surface area (Å²) in [5.74, 6) is 0.444. The Hall–Kier alpha value is -0.680. The summed E-state index contributed by atoms with van der Waals surface area (Å²) >= 11 is 5.23. The molecule has 0 radical (unpaired) electrons. The van der Waals surface area contributed by atoms with E-state index in [4.69, 9.17) is 18.0 Å². The molecule has 1 amide bonds. The van der Waals surface area contributed by atoms with Crippen molar-refractivity contribution in [3.63, 3.8) is 0 Å².